The minimum absolute atomic E-state index is 0.153. The van der Waals surface area contributed by atoms with Crippen LogP contribution in [0.5, 0.6) is 0 Å². The van der Waals surface area contributed by atoms with E-state index in [4.69, 9.17) is 0 Å². The Bertz CT molecular complexity index is 769. The van der Waals surface area contributed by atoms with E-state index in [0.717, 1.165) is 31.6 Å². The van der Waals surface area contributed by atoms with Crippen molar-refractivity contribution in [3.63, 3.8) is 0 Å². The molecule has 2 aromatic rings. The number of carbonyl (C=O) groups excluding carboxylic acids is 2. The van der Waals surface area contributed by atoms with Gasteiger partial charge in [0.1, 0.15) is 12.4 Å². The van der Waals surface area contributed by atoms with Gasteiger partial charge in [0.15, 0.2) is 0 Å². The molecule has 1 aromatic heterocycles. The van der Waals surface area contributed by atoms with Crippen LogP contribution >= 0.6 is 0 Å². The Morgan fingerprint density at radius 1 is 1.19 bits per heavy atom. The quantitative estimate of drug-likeness (QED) is 0.633. The summed E-state index contributed by atoms with van der Waals surface area (Å²) in [6.45, 7) is 2.70. The molecule has 7 nitrogen and oxygen atoms in total. The van der Waals surface area contributed by atoms with E-state index in [9.17, 15) is 14.0 Å². The van der Waals surface area contributed by atoms with E-state index in [1.807, 2.05) is 6.07 Å². The Labute approximate surface area is 157 Å². The maximum atomic E-state index is 12.9. The van der Waals surface area contributed by atoms with Crippen molar-refractivity contribution in [3.05, 3.63) is 53.6 Å². The lowest BCUT2D eigenvalue weighted by atomic mass is 9.96. The molecular formula is C19H24FN5O2. The molecule has 2 heterocycles. The van der Waals surface area contributed by atoms with E-state index in [-0.39, 0.29) is 24.2 Å². The van der Waals surface area contributed by atoms with Crippen molar-refractivity contribution in [3.8, 4) is 0 Å². The maximum absolute atomic E-state index is 12.9. The lowest BCUT2D eigenvalue weighted by molar-refractivity contribution is -0.121. The molecule has 0 spiro atoms. The van der Waals surface area contributed by atoms with Crippen LogP contribution in [0.15, 0.2) is 36.5 Å². The molecule has 1 aliphatic heterocycles. The number of benzene rings is 1. The molecule has 8 heteroatoms. The smallest absolute Gasteiger partial charge is 0.251 e. The summed E-state index contributed by atoms with van der Waals surface area (Å²) in [5, 5.41) is 13.1. The zero-order valence-corrected chi connectivity index (χ0v) is 15.1. The molecule has 0 radical (unpaired) electrons. The van der Waals surface area contributed by atoms with Gasteiger partial charge in [0.25, 0.3) is 5.91 Å². The van der Waals surface area contributed by atoms with Gasteiger partial charge in [0.2, 0.25) is 5.91 Å². The van der Waals surface area contributed by atoms with Crippen LogP contribution in [0.3, 0.4) is 0 Å². The first kappa shape index (κ1) is 19.0. The third-order valence-corrected chi connectivity index (χ3v) is 4.60. The largest absolute Gasteiger partial charge is 0.353 e. The molecule has 27 heavy (non-hydrogen) atoms. The highest BCUT2D eigenvalue weighted by molar-refractivity contribution is 5.94. The molecule has 3 rings (SSSR count). The predicted octanol–water partition coefficient (Wildman–Crippen LogP) is 1.04. The van der Waals surface area contributed by atoms with E-state index in [2.05, 4.69) is 21.0 Å². The second-order valence-electron chi connectivity index (χ2n) is 6.57. The van der Waals surface area contributed by atoms with Crippen LogP contribution in [-0.4, -0.2) is 47.8 Å². The first-order chi connectivity index (χ1) is 13.1. The van der Waals surface area contributed by atoms with Gasteiger partial charge in [-0.1, -0.05) is 0 Å². The predicted molar refractivity (Wildman–Crippen MR) is 98.8 cm³/mol. The second kappa shape index (κ2) is 9.27. The average molecular weight is 373 g/mol. The van der Waals surface area contributed by atoms with Crippen LogP contribution in [0.2, 0.25) is 0 Å². The topological polar surface area (TPSA) is 88.1 Å². The molecule has 0 bridgehead atoms. The Hall–Kier alpha value is -2.74. The number of hydrogen-bond donors (Lipinski definition) is 3. The average Bonchev–Trinajstić information content (AvgIpc) is 3.14. The molecule has 144 valence electrons. The molecule has 0 aliphatic carbocycles. The number of halogens is 1. The maximum Gasteiger partial charge on any atom is 0.251 e. The third-order valence-electron chi connectivity index (χ3n) is 4.60. The number of aromatic nitrogens is 2. The van der Waals surface area contributed by atoms with Crippen LogP contribution in [0.1, 0.15) is 34.8 Å². The van der Waals surface area contributed by atoms with Crippen LogP contribution in [0.4, 0.5) is 4.39 Å². The molecule has 0 unspecified atom stereocenters. The molecule has 1 aliphatic rings. The number of piperidine rings is 1. The van der Waals surface area contributed by atoms with Crippen molar-refractivity contribution in [2.24, 2.45) is 0 Å². The van der Waals surface area contributed by atoms with Crippen LogP contribution < -0.4 is 16.0 Å². The Kier molecular flexibility index (Phi) is 6.54. The molecule has 1 atom stereocenters. The molecule has 3 N–H and O–H groups in total. The van der Waals surface area contributed by atoms with Crippen molar-refractivity contribution in [2.45, 2.75) is 25.3 Å². The van der Waals surface area contributed by atoms with Crippen molar-refractivity contribution in [2.75, 3.05) is 26.2 Å². The van der Waals surface area contributed by atoms with Gasteiger partial charge in [-0.15, -0.1) is 0 Å². The standard InChI is InChI=1S/C19H24FN5O2/c20-16-5-3-14(4-6-16)19(27)23-11-10-22-18(26)13-25-17(7-9-24-25)15-2-1-8-21-12-15/h3-7,9,15,21H,1-2,8,10-13H2,(H,22,26)(H,23,27)/t15-/m0/s1. The first-order valence-corrected chi connectivity index (χ1v) is 9.16. The fourth-order valence-corrected chi connectivity index (χ4v) is 3.20. The summed E-state index contributed by atoms with van der Waals surface area (Å²) in [6.07, 6.45) is 3.94. The summed E-state index contributed by atoms with van der Waals surface area (Å²) in [7, 11) is 0. The van der Waals surface area contributed by atoms with Crippen molar-refractivity contribution < 1.29 is 14.0 Å². The van der Waals surface area contributed by atoms with Gasteiger partial charge in [-0.05, 0) is 49.7 Å². The highest BCUT2D eigenvalue weighted by Gasteiger charge is 2.19. The molecule has 0 saturated carbocycles. The van der Waals surface area contributed by atoms with E-state index >= 15 is 0 Å². The summed E-state index contributed by atoms with van der Waals surface area (Å²) < 4.78 is 14.6. The normalized spacial score (nSPS) is 16.7. The second-order valence-corrected chi connectivity index (χ2v) is 6.57. The lowest BCUT2D eigenvalue weighted by Gasteiger charge is -2.23. The van der Waals surface area contributed by atoms with Gasteiger partial charge in [-0.25, -0.2) is 4.39 Å². The summed E-state index contributed by atoms with van der Waals surface area (Å²) in [5.41, 5.74) is 1.45. The summed E-state index contributed by atoms with van der Waals surface area (Å²) in [6, 6.07) is 7.28. The Morgan fingerprint density at radius 2 is 1.96 bits per heavy atom. The minimum atomic E-state index is -0.388. The van der Waals surface area contributed by atoms with Gasteiger partial charge in [-0.3, -0.25) is 14.3 Å². The van der Waals surface area contributed by atoms with E-state index < -0.39 is 0 Å². The highest BCUT2D eigenvalue weighted by atomic mass is 19.1. The first-order valence-electron chi connectivity index (χ1n) is 9.16. The summed E-state index contributed by atoms with van der Waals surface area (Å²) >= 11 is 0. The lowest BCUT2D eigenvalue weighted by Crippen LogP contribution is -2.37. The van der Waals surface area contributed by atoms with Gasteiger partial charge >= 0.3 is 0 Å². The van der Waals surface area contributed by atoms with Gasteiger partial charge in [-0.2, -0.15) is 5.10 Å². The monoisotopic (exact) mass is 373 g/mol. The van der Waals surface area contributed by atoms with E-state index in [1.54, 1.807) is 10.9 Å². The van der Waals surface area contributed by atoms with Crippen LogP contribution in [0.25, 0.3) is 0 Å². The molecule has 1 saturated heterocycles. The number of carbonyl (C=O) groups is 2. The van der Waals surface area contributed by atoms with Crippen molar-refractivity contribution in [1.29, 1.82) is 0 Å². The Morgan fingerprint density at radius 3 is 2.70 bits per heavy atom. The van der Waals surface area contributed by atoms with E-state index in [1.165, 1.54) is 24.3 Å². The summed E-state index contributed by atoms with van der Waals surface area (Å²) in [5.74, 6) is -0.465. The highest BCUT2D eigenvalue weighted by Crippen LogP contribution is 2.22. The zero-order valence-electron chi connectivity index (χ0n) is 15.1. The number of amides is 2. The van der Waals surface area contributed by atoms with Gasteiger partial charge < -0.3 is 16.0 Å². The zero-order chi connectivity index (χ0) is 19.1. The molecular weight excluding hydrogens is 349 g/mol. The number of nitrogens with zero attached hydrogens (tertiary/aromatic N) is 2. The SMILES string of the molecule is O=C(Cn1nccc1[C@H]1CCCNC1)NCCNC(=O)c1ccc(F)cc1. The number of hydrogen-bond acceptors (Lipinski definition) is 4. The fraction of sp³-hybridized carbons (Fsp3) is 0.421. The summed E-state index contributed by atoms with van der Waals surface area (Å²) in [4.78, 5) is 24.1. The van der Waals surface area contributed by atoms with Gasteiger partial charge in [0, 0.05) is 43.0 Å². The molecule has 2 amide bonds. The van der Waals surface area contributed by atoms with Crippen LogP contribution in [-0.2, 0) is 11.3 Å². The van der Waals surface area contributed by atoms with Gasteiger partial charge in [0.05, 0.1) is 0 Å². The molecule has 1 aromatic carbocycles. The van der Waals surface area contributed by atoms with Crippen LogP contribution in [0, 0.1) is 5.82 Å². The van der Waals surface area contributed by atoms with E-state index in [0.29, 0.717) is 24.6 Å². The minimum Gasteiger partial charge on any atom is -0.353 e. The third kappa shape index (κ3) is 5.37. The number of nitrogens with one attached hydrogen (secondary N) is 3. The fourth-order valence-electron chi connectivity index (χ4n) is 3.20. The van der Waals surface area contributed by atoms with Crippen molar-refractivity contribution >= 4 is 11.8 Å². The number of rotatable bonds is 7. The Balaban J connectivity index is 1.41. The van der Waals surface area contributed by atoms with Crippen molar-refractivity contribution in [1.82, 2.24) is 25.7 Å². The molecule has 1 fully saturated rings.